The zero-order chi connectivity index (χ0) is 12.5. The van der Waals surface area contributed by atoms with E-state index in [1.54, 1.807) is 18.3 Å². The number of hydrogen-bond donors (Lipinski definition) is 1. The number of nitrogens with one attached hydrogen (secondary N) is 1. The van der Waals surface area contributed by atoms with Crippen molar-refractivity contribution < 1.29 is 9.21 Å². The van der Waals surface area contributed by atoms with Crippen LogP contribution in [-0.4, -0.2) is 11.3 Å². The van der Waals surface area contributed by atoms with Gasteiger partial charge in [0.15, 0.2) is 12.0 Å². The minimum atomic E-state index is -0.146. The Kier molecular flexibility index (Phi) is 2.34. The van der Waals surface area contributed by atoms with Crippen LogP contribution in [0.3, 0.4) is 0 Å². The first kappa shape index (κ1) is 10.5. The summed E-state index contributed by atoms with van der Waals surface area (Å²) >= 11 is 0. The minimum Gasteiger partial charge on any atom is -0.453 e. The molecule has 4 heteroatoms. The average molecular weight is 239 g/mol. The zero-order valence-corrected chi connectivity index (χ0v) is 9.34. The maximum Gasteiger partial charge on any atom is 0.248 e. The number of furan rings is 1. The highest BCUT2D eigenvalue weighted by molar-refractivity contribution is 5.86. The second-order valence-corrected chi connectivity index (χ2v) is 3.96. The molecule has 0 fully saturated rings. The summed E-state index contributed by atoms with van der Waals surface area (Å²) in [5, 5.41) is 1.78. The molecule has 1 N–H and O–H groups in total. The summed E-state index contributed by atoms with van der Waals surface area (Å²) in [5.74, 6) is 0.898. The number of carbonyl (C=O) groups is 1. The largest absolute Gasteiger partial charge is 0.453 e. The maximum atomic E-state index is 11.3. The Morgan fingerprint density at radius 3 is 2.72 bits per heavy atom. The van der Waals surface area contributed by atoms with Crippen molar-refractivity contribution in [3.8, 4) is 11.3 Å². The Labute approximate surface area is 102 Å². The standard InChI is InChI=1S/C14H9NO3/c16-8-12-3-4-13(18-12)9-1-2-10-7-15-14(17)6-11(10)5-9/h1-8H,(H,15,17). The predicted molar refractivity (Wildman–Crippen MR) is 67.7 cm³/mol. The molecule has 0 saturated heterocycles. The summed E-state index contributed by atoms with van der Waals surface area (Å²) in [6, 6.07) is 10.5. The first-order valence-electron chi connectivity index (χ1n) is 5.44. The van der Waals surface area contributed by atoms with Crippen molar-refractivity contribution in [2.24, 2.45) is 0 Å². The second-order valence-electron chi connectivity index (χ2n) is 3.96. The predicted octanol–water partition coefficient (Wildman–Crippen LogP) is 2.60. The van der Waals surface area contributed by atoms with Gasteiger partial charge in [-0.3, -0.25) is 9.59 Å². The van der Waals surface area contributed by atoms with Crippen LogP contribution in [0.1, 0.15) is 10.6 Å². The van der Waals surface area contributed by atoms with E-state index in [9.17, 15) is 9.59 Å². The molecular weight excluding hydrogens is 230 g/mol. The van der Waals surface area contributed by atoms with E-state index in [0.29, 0.717) is 12.0 Å². The van der Waals surface area contributed by atoms with E-state index in [0.717, 1.165) is 16.3 Å². The molecule has 4 nitrogen and oxygen atoms in total. The van der Waals surface area contributed by atoms with E-state index < -0.39 is 0 Å². The summed E-state index contributed by atoms with van der Waals surface area (Å²) in [4.78, 5) is 24.4. The van der Waals surface area contributed by atoms with Gasteiger partial charge in [0.2, 0.25) is 5.56 Å². The molecule has 0 spiro atoms. The quantitative estimate of drug-likeness (QED) is 0.699. The van der Waals surface area contributed by atoms with Crippen LogP contribution in [0.15, 0.2) is 51.8 Å². The van der Waals surface area contributed by atoms with Crippen molar-refractivity contribution in [2.45, 2.75) is 0 Å². The van der Waals surface area contributed by atoms with Gasteiger partial charge in [0.05, 0.1) is 0 Å². The molecule has 3 rings (SSSR count). The summed E-state index contributed by atoms with van der Waals surface area (Å²) in [6.07, 6.45) is 2.33. The van der Waals surface area contributed by atoms with Crippen molar-refractivity contribution in [3.05, 3.63) is 58.7 Å². The van der Waals surface area contributed by atoms with Crippen molar-refractivity contribution in [2.75, 3.05) is 0 Å². The summed E-state index contributed by atoms with van der Waals surface area (Å²) in [5.41, 5.74) is 0.689. The first-order valence-corrected chi connectivity index (χ1v) is 5.44. The molecule has 1 aromatic carbocycles. The molecule has 18 heavy (non-hydrogen) atoms. The lowest BCUT2D eigenvalue weighted by molar-refractivity contribution is 0.110. The first-order chi connectivity index (χ1) is 8.76. The topological polar surface area (TPSA) is 63.1 Å². The van der Waals surface area contributed by atoms with E-state index in [1.807, 2.05) is 18.2 Å². The normalized spacial score (nSPS) is 10.7. The molecule has 2 aromatic heterocycles. The molecule has 0 atom stereocenters. The lowest BCUT2D eigenvalue weighted by Crippen LogP contribution is -2.01. The average Bonchev–Trinajstić information content (AvgIpc) is 2.86. The van der Waals surface area contributed by atoms with E-state index in [2.05, 4.69) is 4.98 Å². The lowest BCUT2D eigenvalue weighted by Gasteiger charge is -2.00. The van der Waals surface area contributed by atoms with Gasteiger partial charge in [-0.05, 0) is 29.0 Å². The van der Waals surface area contributed by atoms with Crippen molar-refractivity contribution in [1.82, 2.24) is 4.98 Å². The van der Waals surface area contributed by atoms with Crippen LogP contribution in [-0.2, 0) is 0 Å². The molecule has 3 aromatic rings. The Bertz CT molecular complexity index is 783. The van der Waals surface area contributed by atoms with Gasteiger partial charge < -0.3 is 9.40 Å². The third kappa shape index (κ3) is 1.73. The summed E-state index contributed by atoms with van der Waals surface area (Å²) in [6.45, 7) is 0. The lowest BCUT2D eigenvalue weighted by atomic mass is 10.1. The molecule has 88 valence electrons. The molecule has 0 aliphatic heterocycles. The molecule has 0 radical (unpaired) electrons. The number of rotatable bonds is 2. The van der Waals surface area contributed by atoms with Gasteiger partial charge in [-0.15, -0.1) is 0 Å². The number of aldehydes is 1. The number of benzene rings is 1. The van der Waals surface area contributed by atoms with Gasteiger partial charge in [0.1, 0.15) is 5.76 Å². The van der Waals surface area contributed by atoms with Crippen LogP contribution in [0.25, 0.3) is 22.1 Å². The fraction of sp³-hybridized carbons (Fsp3) is 0. The van der Waals surface area contributed by atoms with E-state index in [1.165, 1.54) is 6.07 Å². The van der Waals surface area contributed by atoms with E-state index in [-0.39, 0.29) is 11.3 Å². The van der Waals surface area contributed by atoms with Gasteiger partial charge >= 0.3 is 0 Å². The van der Waals surface area contributed by atoms with Crippen molar-refractivity contribution in [1.29, 1.82) is 0 Å². The van der Waals surface area contributed by atoms with Crippen LogP contribution in [0, 0.1) is 0 Å². The van der Waals surface area contributed by atoms with Crippen LogP contribution >= 0.6 is 0 Å². The molecular formula is C14H9NO3. The van der Waals surface area contributed by atoms with Gasteiger partial charge in [-0.25, -0.2) is 0 Å². The Morgan fingerprint density at radius 1 is 1.06 bits per heavy atom. The van der Waals surface area contributed by atoms with E-state index in [4.69, 9.17) is 4.42 Å². The molecule has 2 heterocycles. The number of H-pyrrole nitrogens is 1. The van der Waals surface area contributed by atoms with Crippen LogP contribution in [0.5, 0.6) is 0 Å². The van der Waals surface area contributed by atoms with Crippen LogP contribution in [0.2, 0.25) is 0 Å². The number of aromatic amines is 1. The Morgan fingerprint density at radius 2 is 1.94 bits per heavy atom. The van der Waals surface area contributed by atoms with Gasteiger partial charge in [-0.2, -0.15) is 0 Å². The minimum absolute atomic E-state index is 0.146. The molecule has 0 aliphatic rings. The Hall–Kier alpha value is -2.62. The van der Waals surface area contributed by atoms with Gasteiger partial charge in [-0.1, -0.05) is 12.1 Å². The van der Waals surface area contributed by atoms with Gasteiger partial charge in [0.25, 0.3) is 0 Å². The summed E-state index contributed by atoms with van der Waals surface area (Å²) < 4.78 is 5.34. The fourth-order valence-electron chi connectivity index (χ4n) is 1.89. The monoisotopic (exact) mass is 239 g/mol. The van der Waals surface area contributed by atoms with Crippen LogP contribution in [0.4, 0.5) is 0 Å². The summed E-state index contributed by atoms with van der Waals surface area (Å²) in [7, 11) is 0. The molecule has 0 aliphatic carbocycles. The number of hydrogen-bond acceptors (Lipinski definition) is 3. The molecule has 0 saturated carbocycles. The SMILES string of the molecule is O=Cc1ccc(-c2ccc3c[nH]c(=O)cc3c2)o1. The highest BCUT2D eigenvalue weighted by atomic mass is 16.3. The van der Waals surface area contributed by atoms with Crippen LogP contribution < -0.4 is 5.56 Å². The number of carbonyl (C=O) groups excluding carboxylic acids is 1. The van der Waals surface area contributed by atoms with Gasteiger partial charge in [0, 0.05) is 17.8 Å². The van der Waals surface area contributed by atoms with Crippen molar-refractivity contribution >= 4 is 17.1 Å². The highest BCUT2D eigenvalue weighted by Crippen LogP contribution is 2.24. The Balaban J connectivity index is 2.17. The number of fused-ring (bicyclic) bond motifs is 1. The third-order valence-electron chi connectivity index (χ3n) is 2.77. The third-order valence-corrected chi connectivity index (χ3v) is 2.77. The smallest absolute Gasteiger partial charge is 0.248 e. The molecule has 0 bridgehead atoms. The second kappa shape index (κ2) is 4.00. The molecule has 0 amide bonds. The maximum absolute atomic E-state index is 11.3. The zero-order valence-electron chi connectivity index (χ0n) is 9.34. The number of pyridine rings is 1. The fourth-order valence-corrected chi connectivity index (χ4v) is 1.89. The highest BCUT2D eigenvalue weighted by Gasteiger charge is 2.05. The van der Waals surface area contributed by atoms with Crippen molar-refractivity contribution in [3.63, 3.8) is 0 Å². The number of aromatic nitrogens is 1. The van der Waals surface area contributed by atoms with E-state index >= 15 is 0 Å². The molecule has 0 unspecified atom stereocenters.